The number of anilines is 1. The van der Waals surface area contributed by atoms with Crippen molar-refractivity contribution in [2.24, 2.45) is 0 Å². The molecule has 2 aromatic carbocycles. The molecule has 3 saturated heterocycles. The number of piperazine rings is 1. The van der Waals surface area contributed by atoms with Crippen LogP contribution in [0.1, 0.15) is 27.0 Å². The molecular formula is C23H14F7N4O3+. The van der Waals surface area contributed by atoms with E-state index in [1.807, 2.05) is 0 Å². The van der Waals surface area contributed by atoms with Crippen LogP contribution < -0.4 is 4.90 Å². The Morgan fingerprint density at radius 3 is 2.27 bits per heavy atom. The topological polar surface area (TPSA) is 81.5 Å². The number of imide groups is 1. The fourth-order valence-corrected chi connectivity index (χ4v) is 5.37. The number of halogens is 7. The molecular weight excluding hydrogens is 513 g/mol. The van der Waals surface area contributed by atoms with Crippen molar-refractivity contribution in [3.8, 4) is 6.07 Å². The van der Waals surface area contributed by atoms with Crippen LogP contribution in [-0.4, -0.2) is 58.9 Å². The molecule has 2 aromatic rings. The summed E-state index contributed by atoms with van der Waals surface area (Å²) in [5.74, 6) is -3.40. The molecule has 7 nitrogen and oxygen atoms in total. The second kappa shape index (κ2) is 7.83. The van der Waals surface area contributed by atoms with Crippen LogP contribution in [-0.2, 0) is 17.1 Å². The van der Waals surface area contributed by atoms with E-state index in [9.17, 15) is 45.1 Å². The number of ketones is 1. The Morgan fingerprint density at radius 1 is 0.973 bits per heavy atom. The molecule has 14 heteroatoms. The Kier molecular flexibility index (Phi) is 5.26. The lowest BCUT2D eigenvalue weighted by Gasteiger charge is -2.33. The van der Waals surface area contributed by atoms with E-state index < -0.39 is 80.4 Å². The molecule has 2 bridgehead atoms. The summed E-state index contributed by atoms with van der Waals surface area (Å²) in [6.07, 6.45) is -10.0. The normalized spacial score (nSPS) is 27.0. The molecule has 192 valence electrons. The zero-order chi connectivity index (χ0) is 27.1. The Labute approximate surface area is 203 Å². The second-order valence-electron chi connectivity index (χ2n) is 8.99. The lowest BCUT2D eigenvalue weighted by molar-refractivity contribution is -0.852. The van der Waals surface area contributed by atoms with E-state index in [2.05, 4.69) is 0 Å². The number of nitriles is 1. The van der Waals surface area contributed by atoms with Crippen LogP contribution in [0, 0.1) is 17.1 Å². The molecule has 3 heterocycles. The maximum Gasteiger partial charge on any atom is 0.433 e. The highest BCUT2D eigenvalue weighted by Gasteiger charge is 2.73. The number of rotatable bonds is 3. The molecule has 0 radical (unpaired) electrons. The van der Waals surface area contributed by atoms with Gasteiger partial charge in [0.15, 0.2) is 12.1 Å². The van der Waals surface area contributed by atoms with E-state index in [4.69, 9.17) is 5.26 Å². The molecule has 3 aliphatic heterocycles. The van der Waals surface area contributed by atoms with Gasteiger partial charge in [-0.3, -0.25) is 9.59 Å². The van der Waals surface area contributed by atoms with Crippen molar-refractivity contribution in [1.29, 1.82) is 5.26 Å². The van der Waals surface area contributed by atoms with Gasteiger partial charge in [0.1, 0.15) is 12.5 Å². The Balaban J connectivity index is 1.55. The van der Waals surface area contributed by atoms with Crippen molar-refractivity contribution >= 4 is 23.4 Å². The molecule has 0 aliphatic carbocycles. The Bertz CT molecular complexity index is 1410. The van der Waals surface area contributed by atoms with Crippen molar-refractivity contribution in [1.82, 2.24) is 4.90 Å². The molecule has 3 fully saturated rings. The first-order valence-corrected chi connectivity index (χ1v) is 10.7. The highest BCUT2D eigenvalue weighted by molar-refractivity contribution is 6.19. The summed E-state index contributed by atoms with van der Waals surface area (Å²) < 4.78 is 92.9. The smallest absolute Gasteiger partial charge is 0.287 e. The third-order valence-corrected chi connectivity index (χ3v) is 7.01. The molecule has 0 aromatic heterocycles. The van der Waals surface area contributed by atoms with Gasteiger partial charge < -0.3 is 0 Å². The van der Waals surface area contributed by atoms with E-state index in [0.717, 1.165) is 18.2 Å². The Morgan fingerprint density at radius 2 is 1.65 bits per heavy atom. The maximum absolute atomic E-state index is 13.7. The highest BCUT2D eigenvalue weighted by atomic mass is 19.4. The lowest BCUT2D eigenvalue weighted by Crippen LogP contribution is -2.62. The van der Waals surface area contributed by atoms with Gasteiger partial charge in [-0.25, -0.2) is 18.6 Å². The quantitative estimate of drug-likeness (QED) is 0.262. The standard InChI is InChI=1S/C23H14F7N4O3/c24-16-4-2-11(5-15(16)23(28,29)30)19(35)17-8-32-9-18-20(36)33(21(37)34(17,18)10-32)13-3-1-12(7-31)14(6-13)22(25,26)27/h1-6,17-18H,8-10H2/q+1. The molecule has 3 unspecified atom stereocenters. The first kappa shape index (κ1) is 24.8. The van der Waals surface area contributed by atoms with E-state index in [1.165, 1.54) is 6.07 Å². The number of urea groups is 1. The number of hydrogen-bond donors (Lipinski definition) is 0. The summed E-state index contributed by atoms with van der Waals surface area (Å²) in [6, 6.07) is 1.85. The summed E-state index contributed by atoms with van der Waals surface area (Å²) in [5.41, 5.74) is -4.72. The summed E-state index contributed by atoms with van der Waals surface area (Å²) >= 11 is 0. The first-order valence-electron chi connectivity index (χ1n) is 10.7. The number of benzene rings is 2. The lowest BCUT2D eigenvalue weighted by atomic mass is 9.97. The van der Waals surface area contributed by atoms with Gasteiger partial charge in [-0.15, -0.1) is 0 Å². The molecule has 0 saturated carbocycles. The minimum absolute atomic E-state index is 0.00444. The van der Waals surface area contributed by atoms with E-state index >= 15 is 0 Å². The monoisotopic (exact) mass is 527 g/mol. The molecule has 4 atom stereocenters. The van der Waals surface area contributed by atoms with Crippen LogP contribution in [0.5, 0.6) is 0 Å². The third kappa shape index (κ3) is 3.52. The van der Waals surface area contributed by atoms with Gasteiger partial charge in [-0.1, -0.05) is 0 Å². The van der Waals surface area contributed by atoms with Crippen molar-refractivity contribution in [3.63, 3.8) is 0 Å². The van der Waals surface area contributed by atoms with E-state index in [-0.39, 0.29) is 19.8 Å². The van der Waals surface area contributed by atoms with Gasteiger partial charge in [-0.05, 0) is 36.4 Å². The van der Waals surface area contributed by atoms with Crippen LogP contribution in [0.2, 0.25) is 0 Å². The van der Waals surface area contributed by atoms with Gasteiger partial charge in [0.25, 0.3) is 5.91 Å². The summed E-state index contributed by atoms with van der Waals surface area (Å²) in [4.78, 5) is 42.3. The van der Waals surface area contributed by atoms with Crippen LogP contribution in [0.4, 0.5) is 41.2 Å². The van der Waals surface area contributed by atoms with Crippen LogP contribution >= 0.6 is 0 Å². The van der Waals surface area contributed by atoms with Crippen LogP contribution in [0.15, 0.2) is 36.4 Å². The fraction of sp³-hybridized carbons (Fsp3) is 0.304. The average molecular weight is 527 g/mol. The van der Waals surface area contributed by atoms with Gasteiger partial charge in [0.05, 0.1) is 41.5 Å². The predicted molar refractivity (Wildman–Crippen MR) is 109 cm³/mol. The number of quaternary nitrogens is 1. The van der Waals surface area contributed by atoms with Crippen molar-refractivity contribution in [2.45, 2.75) is 24.4 Å². The maximum atomic E-state index is 13.7. The van der Waals surface area contributed by atoms with Gasteiger partial charge in [0.2, 0.25) is 5.78 Å². The van der Waals surface area contributed by atoms with E-state index in [1.54, 1.807) is 4.90 Å². The van der Waals surface area contributed by atoms with Gasteiger partial charge >= 0.3 is 18.4 Å². The van der Waals surface area contributed by atoms with Crippen molar-refractivity contribution in [3.05, 3.63) is 64.5 Å². The zero-order valence-electron chi connectivity index (χ0n) is 18.4. The summed E-state index contributed by atoms with van der Waals surface area (Å²) in [5, 5.41) is 9.01. The minimum atomic E-state index is -5.09. The fourth-order valence-electron chi connectivity index (χ4n) is 5.37. The van der Waals surface area contributed by atoms with Crippen LogP contribution in [0.25, 0.3) is 0 Å². The largest absolute Gasteiger partial charge is 0.433 e. The number of Topliss-reactive ketones (excluding diaryl/α,β-unsaturated/α-hetero) is 1. The first-order chi connectivity index (χ1) is 17.2. The summed E-state index contributed by atoms with van der Waals surface area (Å²) in [7, 11) is 0. The SMILES string of the molecule is N#Cc1ccc(N2C(=O)C3C[N@]4CC(C(=O)c5ccc(F)c(C(F)(F)F)c5)[N+]3(C4)C2=O)cc1C(F)(F)F. The number of nitrogens with zero attached hydrogens (tertiary/aromatic N) is 4. The molecule has 0 N–H and O–H groups in total. The number of fused-ring (bicyclic) bond motifs is 1. The number of carbonyl (C=O) groups excluding carboxylic acids is 3. The number of hydrogen-bond acceptors (Lipinski definition) is 5. The zero-order valence-corrected chi connectivity index (χ0v) is 18.4. The Hall–Kier alpha value is -3.83. The summed E-state index contributed by atoms with van der Waals surface area (Å²) in [6.45, 7) is -0.246. The predicted octanol–water partition coefficient (Wildman–Crippen LogP) is 3.93. The van der Waals surface area contributed by atoms with Crippen LogP contribution in [0.3, 0.4) is 0 Å². The second-order valence-corrected chi connectivity index (χ2v) is 8.99. The third-order valence-electron chi connectivity index (χ3n) is 7.01. The molecule has 37 heavy (non-hydrogen) atoms. The van der Waals surface area contributed by atoms with Gasteiger partial charge in [-0.2, -0.15) is 36.5 Å². The molecule has 5 rings (SSSR count). The molecule has 1 spiro atoms. The highest BCUT2D eigenvalue weighted by Crippen LogP contribution is 2.45. The molecule has 3 amide bonds. The average Bonchev–Trinajstić information content (AvgIpc) is 3.45. The number of alkyl halides is 6. The molecule has 3 aliphatic rings. The van der Waals surface area contributed by atoms with E-state index in [0.29, 0.717) is 23.1 Å². The van der Waals surface area contributed by atoms with Gasteiger partial charge in [0, 0.05) is 5.56 Å². The number of carbonyl (C=O) groups is 3. The minimum Gasteiger partial charge on any atom is -0.287 e. The number of amides is 3. The van der Waals surface area contributed by atoms with Crippen molar-refractivity contribution in [2.75, 3.05) is 24.7 Å². The van der Waals surface area contributed by atoms with Crippen molar-refractivity contribution < 1.29 is 49.6 Å².